The predicted molar refractivity (Wildman–Crippen MR) is 137 cm³/mol. The van der Waals surface area contributed by atoms with Crippen molar-refractivity contribution >= 4 is 38.5 Å². The van der Waals surface area contributed by atoms with E-state index in [0.29, 0.717) is 28.8 Å². The average Bonchev–Trinajstić information content (AvgIpc) is 3.15. The van der Waals surface area contributed by atoms with Gasteiger partial charge in [0.2, 0.25) is 5.76 Å². The fourth-order valence-electron chi connectivity index (χ4n) is 4.42. The molecule has 1 unspecified atom stereocenters. The minimum Gasteiger partial charge on any atom is -0.494 e. The number of hydrogen-bond acceptors (Lipinski definition) is 4. The minimum atomic E-state index is -0.605. The summed E-state index contributed by atoms with van der Waals surface area (Å²) in [4.78, 5) is 28.8. The number of hydrogen-bond donors (Lipinski definition) is 0. The van der Waals surface area contributed by atoms with Gasteiger partial charge in [0.1, 0.15) is 11.3 Å². The molecule has 1 aromatic heterocycles. The van der Waals surface area contributed by atoms with E-state index in [4.69, 9.17) is 9.15 Å². The summed E-state index contributed by atoms with van der Waals surface area (Å²) in [5.41, 5.74) is 2.08. The number of halogens is 1. The number of anilines is 1. The second-order valence-corrected chi connectivity index (χ2v) is 9.27. The highest BCUT2D eigenvalue weighted by Crippen LogP contribution is 2.42. The van der Waals surface area contributed by atoms with Crippen molar-refractivity contribution in [2.75, 3.05) is 11.5 Å². The molecule has 0 N–H and O–H groups in total. The zero-order valence-electron chi connectivity index (χ0n) is 18.8. The molecular formula is C28H24BrNO4. The summed E-state index contributed by atoms with van der Waals surface area (Å²) in [5, 5.41) is 0.464. The van der Waals surface area contributed by atoms with E-state index >= 15 is 0 Å². The maximum atomic E-state index is 13.6. The second-order valence-electron chi connectivity index (χ2n) is 8.35. The summed E-state index contributed by atoms with van der Waals surface area (Å²) in [7, 11) is 0. The standard InChI is InChI=1S/C28H24BrNO4/c1-2-3-6-16-33-21-14-12-18(13-15-21)25-24-26(31)22-10-4-5-11-23(22)34-27(24)28(32)30(25)20-9-7-8-19(29)17-20/h4-5,7-15,17,25H,2-3,6,16H2,1H3. The Morgan fingerprint density at radius 2 is 1.76 bits per heavy atom. The summed E-state index contributed by atoms with van der Waals surface area (Å²) < 4.78 is 12.7. The first-order valence-corrected chi connectivity index (χ1v) is 12.3. The summed E-state index contributed by atoms with van der Waals surface area (Å²) in [5.74, 6) is 0.526. The van der Waals surface area contributed by atoms with Crippen molar-refractivity contribution in [1.29, 1.82) is 0 Å². The molecule has 34 heavy (non-hydrogen) atoms. The van der Waals surface area contributed by atoms with Gasteiger partial charge in [0.05, 0.1) is 23.6 Å². The summed E-state index contributed by atoms with van der Waals surface area (Å²) in [6.45, 7) is 2.82. The van der Waals surface area contributed by atoms with Crippen LogP contribution < -0.4 is 15.1 Å². The van der Waals surface area contributed by atoms with E-state index < -0.39 is 6.04 Å². The summed E-state index contributed by atoms with van der Waals surface area (Å²) in [6, 6.07) is 21.5. The number of amides is 1. The Morgan fingerprint density at radius 1 is 0.971 bits per heavy atom. The highest BCUT2D eigenvalue weighted by Gasteiger charge is 2.43. The number of rotatable bonds is 7. The Hall–Kier alpha value is -3.38. The Kier molecular flexibility index (Phi) is 6.24. The first kappa shape index (κ1) is 22.4. The number of unbranched alkanes of at least 4 members (excludes halogenated alkanes) is 2. The normalized spacial score (nSPS) is 15.1. The highest BCUT2D eigenvalue weighted by atomic mass is 79.9. The lowest BCUT2D eigenvalue weighted by Gasteiger charge is -2.25. The van der Waals surface area contributed by atoms with Gasteiger partial charge in [-0.3, -0.25) is 14.5 Å². The molecule has 5 nitrogen and oxygen atoms in total. The molecule has 0 saturated heterocycles. The van der Waals surface area contributed by atoms with Crippen molar-refractivity contribution in [2.24, 2.45) is 0 Å². The van der Waals surface area contributed by atoms with Crippen LogP contribution in [-0.2, 0) is 0 Å². The first-order valence-electron chi connectivity index (χ1n) is 11.5. The Morgan fingerprint density at radius 3 is 2.53 bits per heavy atom. The number of ether oxygens (including phenoxy) is 1. The van der Waals surface area contributed by atoms with Crippen LogP contribution in [0.25, 0.3) is 11.0 Å². The third kappa shape index (κ3) is 4.03. The molecule has 2 heterocycles. The van der Waals surface area contributed by atoms with E-state index in [1.165, 1.54) is 0 Å². The van der Waals surface area contributed by atoms with Gasteiger partial charge in [0.25, 0.3) is 5.91 Å². The quantitative estimate of drug-likeness (QED) is 0.251. The third-order valence-electron chi connectivity index (χ3n) is 6.08. The molecule has 3 aromatic carbocycles. The molecule has 0 fully saturated rings. The van der Waals surface area contributed by atoms with Crippen LogP contribution in [-0.4, -0.2) is 12.5 Å². The molecule has 172 valence electrons. The van der Waals surface area contributed by atoms with Crippen molar-refractivity contribution in [1.82, 2.24) is 0 Å². The van der Waals surface area contributed by atoms with Gasteiger partial charge in [-0.25, -0.2) is 0 Å². The van der Waals surface area contributed by atoms with Crippen LogP contribution >= 0.6 is 15.9 Å². The van der Waals surface area contributed by atoms with Gasteiger partial charge >= 0.3 is 0 Å². The SMILES string of the molecule is CCCCCOc1ccc(C2c3c(oc4ccccc4c3=O)C(=O)N2c2cccc(Br)c2)cc1. The van der Waals surface area contributed by atoms with Gasteiger partial charge < -0.3 is 9.15 Å². The van der Waals surface area contributed by atoms with Crippen LogP contribution in [0.15, 0.2) is 86.5 Å². The van der Waals surface area contributed by atoms with Gasteiger partial charge in [-0.05, 0) is 54.4 Å². The first-order chi connectivity index (χ1) is 16.6. The monoisotopic (exact) mass is 517 g/mol. The molecule has 1 aliphatic rings. The molecule has 1 atom stereocenters. The average molecular weight is 518 g/mol. The molecule has 0 aliphatic carbocycles. The van der Waals surface area contributed by atoms with Crippen LogP contribution in [0.3, 0.4) is 0 Å². The van der Waals surface area contributed by atoms with Gasteiger partial charge in [0, 0.05) is 10.2 Å². The van der Waals surface area contributed by atoms with E-state index in [2.05, 4.69) is 22.9 Å². The fourth-order valence-corrected chi connectivity index (χ4v) is 4.80. The van der Waals surface area contributed by atoms with E-state index in [9.17, 15) is 9.59 Å². The molecule has 0 radical (unpaired) electrons. The van der Waals surface area contributed by atoms with Crippen molar-refractivity contribution in [3.63, 3.8) is 0 Å². The number of carbonyl (C=O) groups is 1. The second kappa shape index (κ2) is 9.47. The van der Waals surface area contributed by atoms with Crippen LogP contribution in [0.2, 0.25) is 0 Å². The number of carbonyl (C=O) groups excluding carboxylic acids is 1. The number of benzene rings is 3. The zero-order valence-corrected chi connectivity index (χ0v) is 20.4. The largest absolute Gasteiger partial charge is 0.494 e. The Balaban J connectivity index is 1.61. The van der Waals surface area contributed by atoms with Crippen molar-refractivity contribution in [2.45, 2.75) is 32.2 Å². The van der Waals surface area contributed by atoms with Gasteiger partial charge in [0.15, 0.2) is 5.43 Å². The topological polar surface area (TPSA) is 59.8 Å². The van der Waals surface area contributed by atoms with Crippen LogP contribution in [0.4, 0.5) is 5.69 Å². The van der Waals surface area contributed by atoms with E-state index in [0.717, 1.165) is 35.0 Å². The fraction of sp³-hybridized carbons (Fsp3) is 0.214. The van der Waals surface area contributed by atoms with Gasteiger partial charge in [-0.1, -0.05) is 66.0 Å². The molecule has 0 saturated carbocycles. The highest BCUT2D eigenvalue weighted by molar-refractivity contribution is 9.10. The summed E-state index contributed by atoms with van der Waals surface area (Å²) >= 11 is 3.50. The Labute approximate surface area is 206 Å². The molecule has 6 heteroatoms. The molecule has 1 aliphatic heterocycles. The van der Waals surface area contributed by atoms with Crippen LogP contribution in [0.5, 0.6) is 5.75 Å². The van der Waals surface area contributed by atoms with Crippen LogP contribution in [0.1, 0.15) is 53.9 Å². The molecular weight excluding hydrogens is 494 g/mol. The number of fused-ring (bicyclic) bond motifs is 2. The molecule has 5 rings (SSSR count). The van der Waals surface area contributed by atoms with Gasteiger partial charge in [-0.15, -0.1) is 0 Å². The number of nitrogens with zero attached hydrogens (tertiary/aromatic N) is 1. The van der Waals surface area contributed by atoms with Gasteiger partial charge in [-0.2, -0.15) is 0 Å². The zero-order chi connectivity index (χ0) is 23.7. The molecule has 4 aromatic rings. The number of para-hydroxylation sites is 1. The minimum absolute atomic E-state index is 0.0913. The Bertz CT molecular complexity index is 1410. The smallest absolute Gasteiger partial charge is 0.295 e. The van der Waals surface area contributed by atoms with Crippen molar-refractivity contribution < 1.29 is 13.9 Å². The summed E-state index contributed by atoms with van der Waals surface area (Å²) in [6.07, 6.45) is 3.28. The van der Waals surface area contributed by atoms with E-state index in [-0.39, 0.29) is 17.1 Å². The third-order valence-corrected chi connectivity index (χ3v) is 6.57. The molecule has 0 bridgehead atoms. The maximum Gasteiger partial charge on any atom is 0.295 e. The lowest BCUT2D eigenvalue weighted by atomic mass is 9.98. The molecule has 1 amide bonds. The lowest BCUT2D eigenvalue weighted by Crippen LogP contribution is -2.29. The van der Waals surface area contributed by atoms with Crippen molar-refractivity contribution in [3.8, 4) is 5.75 Å². The van der Waals surface area contributed by atoms with E-state index in [1.807, 2.05) is 48.5 Å². The van der Waals surface area contributed by atoms with E-state index in [1.54, 1.807) is 29.2 Å². The lowest BCUT2D eigenvalue weighted by molar-refractivity contribution is 0.0971. The molecule has 0 spiro atoms. The van der Waals surface area contributed by atoms with Crippen molar-refractivity contribution in [3.05, 3.63) is 104 Å². The predicted octanol–water partition coefficient (Wildman–Crippen LogP) is 6.87. The van der Waals surface area contributed by atoms with Crippen LogP contribution in [0, 0.1) is 0 Å². The maximum absolute atomic E-state index is 13.6.